The lowest BCUT2D eigenvalue weighted by atomic mass is 10.2. The molecule has 0 atom stereocenters. The fraction of sp³-hybridized carbons (Fsp3) is 0.176. The number of hydrogen-bond acceptors (Lipinski definition) is 7. The molecule has 1 aliphatic heterocycles. The highest BCUT2D eigenvalue weighted by molar-refractivity contribution is 8.19. The van der Waals surface area contributed by atoms with E-state index in [1.807, 2.05) is 64.6 Å². The fourth-order valence-corrected chi connectivity index (χ4v) is 6.65. The van der Waals surface area contributed by atoms with E-state index < -0.39 is 5.97 Å². The predicted molar refractivity (Wildman–Crippen MR) is 104 cm³/mol. The Hall–Kier alpha value is -1.28. The summed E-state index contributed by atoms with van der Waals surface area (Å²) in [5.74, 6) is 2.54. The van der Waals surface area contributed by atoms with Crippen molar-refractivity contribution in [2.75, 3.05) is 11.5 Å². The molecule has 1 saturated heterocycles. The molecule has 24 heavy (non-hydrogen) atoms. The number of ether oxygens (including phenoxy) is 1. The molecule has 2 aromatic heterocycles. The van der Waals surface area contributed by atoms with Crippen LogP contribution in [-0.2, 0) is 0 Å². The van der Waals surface area contributed by atoms with Crippen LogP contribution in [0.2, 0.25) is 0 Å². The van der Waals surface area contributed by atoms with Crippen molar-refractivity contribution in [3.8, 4) is 16.3 Å². The molecule has 0 bridgehead atoms. The van der Waals surface area contributed by atoms with E-state index in [4.69, 9.17) is 4.74 Å². The molecule has 1 fully saturated rings. The van der Waals surface area contributed by atoms with Gasteiger partial charge in [0.2, 0.25) is 0 Å². The molecular formula is C17H13NO2S4. The summed E-state index contributed by atoms with van der Waals surface area (Å²) >= 11 is 6.99. The Balaban J connectivity index is 1.44. The third-order valence-corrected chi connectivity index (χ3v) is 8.15. The SMILES string of the molecule is O=C(Oc1ccc(C2SCCS2)cc1)c1csc(-c2ccsc2)n1. The van der Waals surface area contributed by atoms with Gasteiger partial charge in [-0.25, -0.2) is 9.78 Å². The average Bonchev–Trinajstić information content (AvgIpc) is 3.35. The number of benzene rings is 1. The molecule has 0 N–H and O–H groups in total. The van der Waals surface area contributed by atoms with E-state index in [1.54, 1.807) is 16.7 Å². The van der Waals surface area contributed by atoms with Crippen molar-refractivity contribution in [3.05, 3.63) is 57.7 Å². The van der Waals surface area contributed by atoms with E-state index in [9.17, 15) is 4.79 Å². The third kappa shape index (κ3) is 3.54. The maximum absolute atomic E-state index is 12.3. The van der Waals surface area contributed by atoms with Gasteiger partial charge in [-0.1, -0.05) is 12.1 Å². The molecule has 122 valence electrons. The maximum atomic E-state index is 12.3. The first-order valence-electron chi connectivity index (χ1n) is 7.33. The maximum Gasteiger partial charge on any atom is 0.363 e. The van der Waals surface area contributed by atoms with Crippen LogP contribution in [0.3, 0.4) is 0 Å². The summed E-state index contributed by atoms with van der Waals surface area (Å²) in [6.07, 6.45) is 0. The molecule has 0 unspecified atom stereocenters. The van der Waals surface area contributed by atoms with Crippen LogP contribution in [0.25, 0.3) is 10.6 Å². The number of thiophene rings is 1. The van der Waals surface area contributed by atoms with Gasteiger partial charge >= 0.3 is 5.97 Å². The first kappa shape index (κ1) is 16.2. The minimum atomic E-state index is -0.412. The lowest BCUT2D eigenvalue weighted by Gasteiger charge is -2.09. The normalized spacial score (nSPS) is 14.8. The smallest absolute Gasteiger partial charge is 0.363 e. The van der Waals surface area contributed by atoms with Crippen LogP contribution < -0.4 is 4.74 Å². The van der Waals surface area contributed by atoms with Crippen molar-refractivity contribution in [1.29, 1.82) is 0 Å². The summed E-state index contributed by atoms with van der Waals surface area (Å²) in [6.45, 7) is 0. The van der Waals surface area contributed by atoms with Gasteiger partial charge in [0.15, 0.2) is 5.69 Å². The fourth-order valence-electron chi connectivity index (χ4n) is 2.29. The van der Waals surface area contributed by atoms with Gasteiger partial charge in [-0.05, 0) is 29.1 Å². The van der Waals surface area contributed by atoms with E-state index in [-0.39, 0.29) is 0 Å². The van der Waals surface area contributed by atoms with Crippen LogP contribution in [0, 0.1) is 0 Å². The number of hydrogen-bond donors (Lipinski definition) is 0. The molecule has 0 spiro atoms. The number of aromatic nitrogens is 1. The van der Waals surface area contributed by atoms with Crippen LogP contribution in [-0.4, -0.2) is 22.5 Å². The molecule has 0 saturated carbocycles. The van der Waals surface area contributed by atoms with E-state index in [0.717, 1.165) is 10.6 Å². The number of nitrogens with zero attached hydrogens (tertiary/aromatic N) is 1. The van der Waals surface area contributed by atoms with Crippen molar-refractivity contribution < 1.29 is 9.53 Å². The summed E-state index contributed by atoms with van der Waals surface area (Å²) in [7, 11) is 0. The Bertz CT molecular complexity index is 821. The molecule has 3 aromatic rings. The molecule has 0 radical (unpaired) electrons. The molecule has 0 aliphatic carbocycles. The second kappa shape index (κ2) is 7.31. The number of carbonyl (C=O) groups excluding carboxylic acids is 1. The Morgan fingerprint density at radius 3 is 2.58 bits per heavy atom. The molecule has 0 amide bonds. The standard InChI is InChI=1S/C17H13NO2S4/c19-16(14-10-24-15(18-14)12-5-6-21-9-12)20-13-3-1-11(2-4-13)17-22-7-8-23-17/h1-6,9-10,17H,7-8H2. The van der Waals surface area contributed by atoms with Gasteiger partial charge in [0.1, 0.15) is 10.8 Å². The Labute approximate surface area is 156 Å². The lowest BCUT2D eigenvalue weighted by Crippen LogP contribution is -2.08. The van der Waals surface area contributed by atoms with Crippen LogP contribution in [0.5, 0.6) is 5.75 Å². The van der Waals surface area contributed by atoms with Crippen molar-refractivity contribution in [2.24, 2.45) is 0 Å². The molecule has 4 rings (SSSR count). The van der Waals surface area contributed by atoms with E-state index in [0.29, 0.717) is 16.0 Å². The summed E-state index contributed by atoms with van der Waals surface area (Å²) in [6, 6.07) is 9.79. The minimum absolute atomic E-state index is 0.354. The highest BCUT2D eigenvalue weighted by Gasteiger charge is 2.19. The number of thiazole rings is 1. The van der Waals surface area contributed by atoms with Crippen molar-refractivity contribution in [3.63, 3.8) is 0 Å². The Morgan fingerprint density at radius 2 is 1.88 bits per heavy atom. The highest BCUT2D eigenvalue weighted by Crippen LogP contribution is 2.45. The van der Waals surface area contributed by atoms with Gasteiger partial charge in [0.05, 0.1) is 4.58 Å². The second-order valence-corrected chi connectivity index (χ2v) is 9.44. The predicted octanol–water partition coefficient (Wildman–Crippen LogP) is 5.57. The largest absolute Gasteiger partial charge is 0.422 e. The first-order chi connectivity index (χ1) is 11.8. The quantitative estimate of drug-likeness (QED) is 0.429. The molecule has 3 heterocycles. The van der Waals surface area contributed by atoms with Gasteiger partial charge in [0.25, 0.3) is 0 Å². The minimum Gasteiger partial charge on any atom is -0.422 e. The first-order valence-corrected chi connectivity index (χ1v) is 11.2. The summed E-state index contributed by atoms with van der Waals surface area (Å²) in [5, 5.41) is 6.60. The molecule has 3 nitrogen and oxygen atoms in total. The molecule has 7 heteroatoms. The second-order valence-electron chi connectivity index (χ2n) is 5.08. The van der Waals surface area contributed by atoms with E-state index in [1.165, 1.54) is 28.4 Å². The summed E-state index contributed by atoms with van der Waals surface area (Å²) in [5.41, 5.74) is 2.67. The lowest BCUT2D eigenvalue weighted by molar-refractivity contribution is 0.0729. The number of rotatable bonds is 4. The van der Waals surface area contributed by atoms with Gasteiger partial charge in [-0.2, -0.15) is 11.3 Å². The number of carbonyl (C=O) groups is 1. The van der Waals surface area contributed by atoms with Gasteiger partial charge < -0.3 is 4.74 Å². The van der Waals surface area contributed by atoms with E-state index in [2.05, 4.69) is 4.98 Å². The van der Waals surface area contributed by atoms with Gasteiger partial charge in [-0.15, -0.1) is 34.9 Å². The number of esters is 1. The van der Waals surface area contributed by atoms with Crippen LogP contribution in [0.4, 0.5) is 0 Å². The Kier molecular flexibility index (Phi) is 4.93. The number of thioether (sulfide) groups is 2. The summed E-state index contributed by atoms with van der Waals surface area (Å²) < 4.78 is 5.94. The van der Waals surface area contributed by atoms with Gasteiger partial charge in [0, 0.05) is 27.8 Å². The highest BCUT2D eigenvalue weighted by atomic mass is 32.2. The molecular weight excluding hydrogens is 378 g/mol. The average molecular weight is 392 g/mol. The van der Waals surface area contributed by atoms with Crippen molar-refractivity contribution in [1.82, 2.24) is 4.98 Å². The van der Waals surface area contributed by atoms with Crippen LogP contribution in [0.1, 0.15) is 20.6 Å². The third-order valence-electron chi connectivity index (χ3n) is 3.47. The van der Waals surface area contributed by atoms with Crippen LogP contribution in [0.15, 0.2) is 46.5 Å². The topological polar surface area (TPSA) is 39.2 Å². The Morgan fingerprint density at radius 1 is 1.08 bits per heavy atom. The van der Waals surface area contributed by atoms with Crippen molar-refractivity contribution >= 4 is 52.2 Å². The zero-order valence-electron chi connectivity index (χ0n) is 12.5. The summed E-state index contributed by atoms with van der Waals surface area (Å²) in [4.78, 5) is 16.6. The van der Waals surface area contributed by atoms with Gasteiger partial charge in [-0.3, -0.25) is 0 Å². The zero-order chi connectivity index (χ0) is 16.4. The zero-order valence-corrected chi connectivity index (χ0v) is 15.8. The molecule has 1 aliphatic rings. The van der Waals surface area contributed by atoms with Crippen molar-refractivity contribution in [2.45, 2.75) is 4.58 Å². The van der Waals surface area contributed by atoms with E-state index >= 15 is 0 Å². The monoisotopic (exact) mass is 391 g/mol. The van der Waals surface area contributed by atoms with Crippen LogP contribution >= 0.6 is 46.2 Å². The molecule has 1 aromatic carbocycles.